The lowest BCUT2D eigenvalue weighted by molar-refractivity contribution is -0.0800. The average molecular weight is 359 g/mol. The Balaban J connectivity index is 1.62. The van der Waals surface area contributed by atoms with Crippen LogP contribution in [0.1, 0.15) is 97.8 Å². The smallest absolute Gasteiger partial charge is 0.0707 e. The molecule has 0 aliphatic heterocycles. The predicted molar refractivity (Wildman–Crippen MR) is 112 cm³/mol. The molecule has 1 unspecified atom stereocenters. The monoisotopic (exact) mass is 358 g/mol. The molecule has 3 aliphatic rings. The van der Waals surface area contributed by atoms with E-state index in [0.29, 0.717) is 17.9 Å². The van der Waals surface area contributed by atoms with E-state index in [-0.39, 0.29) is 5.60 Å². The third-order valence-corrected chi connectivity index (χ3v) is 6.73. The molecule has 0 heterocycles. The molecule has 0 saturated heterocycles. The highest BCUT2D eigenvalue weighted by molar-refractivity contribution is 5.07. The number of ether oxygens (including phenoxy) is 1. The second kappa shape index (κ2) is 9.58. The molecule has 0 aromatic carbocycles. The van der Waals surface area contributed by atoms with Crippen LogP contribution in [0.3, 0.4) is 0 Å². The molecule has 148 valence electrons. The molecule has 3 aliphatic carbocycles. The molecule has 0 aromatic heterocycles. The maximum atomic E-state index is 6.60. The maximum absolute atomic E-state index is 6.60. The molecular weight excluding hydrogens is 316 g/mol. The topological polar surface area (TPSA) is 9.23 Å². The summed E-state index contributed by atoms with van der Waals surface area (Å²) in [7, 11) is 0. The van der Waals surface area contributed by atoms with Gasteiger partial charge in [-0.05, 0) is 71.1 Å². The zero-order valence-corrected chi connectivity index (χ0v) is 17.6. The van der Waals surface area contributed by atoms with Crippen LogP contribution in [-0.4, -0.2) is 11.7 Å². The second-order valence-corrected chi connectivity index (χ2v) is 10.2. The van der Waals surface area contributed by atoms with Gasteiger partial charge in [0.15, 0.2) is 0 Å². The van der Waals surface area contributed by atoms with E-state index in [1.54, 1.807) is 0 Å². The molecule has 3 saturated carbocycles. The van der Waals surface area contributed by atoms with Crippen molar-refractivity contribution in [2.24, 2.45) is 23.7 Å². The standard InChI is InChI=1S/C25H42O/c1-25(2,3)26-24-22(16-14-20-10-6-4-7-11-20)18-19-23(24)17-15-21-12-8-5-9-13-21/h14-17,20-24H,4-13,18-19H2,1-3H3/b16-14+,17-15+/t22-,23+,24?. The molecule has 0 N–H and O–H groups in total. The lowest BCUT2D eigenvalue weighted by atomic mass is 9.87. The summed E-state index contributed by atoms with van der Waals surface area (Å²) in [4.78, 5) is 0. The summed E-state index contributed by atoms with van der Waals surface area (Å²) in [6.07, 6.45) is 27.3. The van der Waals surface area contributed by atoms with E-state index in [0.717, 1.165) is 11.8 Å². The lowest BCUT2D eigenvalue weighted by Gasteiger charge is -2.31. The molecule has 0 aromatic rings. The van der Waals surface area contributed by atoms with Crippen molar-refractivity contribution < 1.29 is 4.74 Å². The molecule has 1 heteroatoms. The third-order valence-electron chi connectivity index (χ3n) is 6.73. The van der Waals surface area contributed by atoms with Crippen LogP contribution in [0.15, 0.2) is 24.3 Å². The van der Waals surface area contributed by atoms with Crippen molar-refractivity contribution in [1.82, 2.24) is 0 Å². The van der Waals surface area contributed by atoms with Crippen molar-refractivity contribution in [3.63, 3.8) is 0 Å². The van der Waals surface area contributed by atoms with Gasteiger partial charge in [0.2, 0.25) is 0 Å². The number of hydrogen-bond acceptors (Lipinski definition) is 1. The molecule has 1 nitrogen and oxygen atoms in total. The van der Waals surface area contributed by atoms with Crippen molar-refractivity contribution in [1.29, 1.82) is 0 Å². The van der Waals surface area contributed by atoms with Crippen molar-refractivity contribution in [2.75, 3.05) is 0 Å². The maximum Gasteiger partial charge on any atom is 0.0707 e. The van der Waals surface area contributed by atoms with E-state index in [1.165, 1.54) is 77.0 Å². The van der Waals surface area contributed by atoms with Gasteiger partial charge >= 0.3 is 0 Å². The Labute approximate surface area is 162 Å². The highest BCUT2D eigenvalue weighted by Gasteiger charge is 2.36. The lowest BCUT2D eigenvalue weighted by Crippen LogP contribution is -2.33. The Hall–Kier alpha value is -0.560. The minimum absolute atomic E-state index is 0.0527. The molecule has 0 spiro atoms. The van der Waals surface area contributed by atoms with Crippen LogP contribution in [0.2, 0.25) is 0 Å². The van der Waals surface area contributed by atoms with Gasteiger partial charge in [-0.15, -0.1) is 0 Å². The minimum atomic E-state index is -0.0527. The Bertz CT molecular complexity index is 421. The van der Waals surface area contributed by atoms with Crippen LogP contribution in [0.5, 0.6) is 0 Å². The van der Waals surface area contributed by atoms with E-state index in [2.05, 4.69) is 45.1 Å². The van der Waals surface area contributed by atoms with E-state index in [1.807, 2.05) is 0 Å². The molecular formula is C25H42O. The first-order valence-electron chi connectivity index (χ1n) is 11.6. The van der Waals surface area contributed by atoms with Gasteiger partial charge in [-0.2, -0.15) is 0 Å². The van der Waals surface area contributed by atoms with Crippen molar-refractivity contribution in [3.05, 3.63) is 24.3 Å². The van der Waals surface area contributed by atoms with Gasteiger partial charge in [-0.1, -0.05) is 62.8 Å². The molecule has 3 fully saturated rings. The first kappa shape index (κ1) is 20.2. The first-order valence-corrected chi connectivity index (χ1v) is 11.6. The van der Waals surface area contributed by atoms with Crippen LogP contribution in [0, 0.1) is 23.7 Å². The number of allylic oxidation sites excluding steroid dienone is 2. The van der Waals surface area contributed by atoms with Crippen LogP contribution in [0.25, 0.3) is 0 Å². The fraction of sp³-hybridized carbons (Fsp3) is 0.840. The van der Waals surface area contributed by atoms with Crippen molar-refractivity contribution in [2.45, 2.75) is 110 Å². The molecule has 0 amide bonds. The Morgan fingerprint density at radius 2 is 1.00 bits per heavy atom. The zero-order valence-electron chi connectivity index (χ0n) is 17.6. The summed E-state index contributed by atoms with van der Waals surface area (Å²) in [6.45, 7) is 6.65. The first-order chi connectivity index (χ1) is 12.5. The SMILES string of the molecule is CC(C)(C)OC1[C@H](/C=C/C2CCCCC2)CC[C@@H]1/C=C/C1CCCCC1. The second-order valence-electron chi connectivity index (χ2n) is 10.2. The summed E-state index contributed by atoms with van der Waals surface area (Å²) in [5.41, 5.74) is -0.0527. The van der Waals surface area contributed by atoms with Gasteiger partial charge in [-0.25, -0.2) is 0 Å². The van der Waals surface area contributed by atoms with Crippen LogP contribution in [0.4, 0.5) is 0 Å². The van der Waals surface area contributed by atoms with Gasteiger partial charge in [0.25, 0.3) is 0 Å². The van der Waals surface area contributed by atoms with E-state index in [4.69, 9.17) is 4.74 Å². The van der Waals surface area contributed by atoms with E-state index >= 15 is 0 Å². The summed E-state index contributed by atoms with van der Waals surface area (Å²) in [5, 5.41) is 0. The van der Waals surface area contributed by atoms with Gasteiger partial charge in [0.1, 0.15) is 0 Å². The summed E-state index contributed by atoms with van der Waals surface area (Å²) < 4.78 is 6.60. The zero-order chi connectivity index (χ0) is 18.4. The van der Waals surface area contributed by atoms with Crippen LogP contribution in [-0.2, 0) is 4.74 Å². The average Bonchev–Trinajstić information content (AvgIpc) is 3.00. The normalized spacial score (nSPS) is 32.8. The third kappa shape index (κ3) is 6.25. The summed E-state index contributed by atoms with van der Waals surface area (Å²) in [5.74, 6) is 2.88. The van der Waals surface area contributed by atoms with Gasteiger partial charge in [-0.3, -0.25) is 0 Å². The molecule has 3 atom stereocenters. The van der Waals surface area contributed by atoms with E-state index < -0.39 is 0 Å². The Morgan fingerprint density at radius 1 is 0.577 bits per heavy atom. The summed E-state index contributed by atoms with van der Waals surface area (Å²) >= 11 is 0. The number of hydrogen-bond donors (Lipinski definition) is 0. The summed E-state index contributed by atoms with van der Waals surface area (Å²) in [6, 6.07) is 0. The van der Waals surface area contributed by atoms with Crippen LogP contribution < -0.4 is 0 Å². The Kier molecular flexibility index (Phi) is 7.44. The quantitative estimate of drug-likeness (QED) is 0.463. The van der Waals surface area contributed by atoms with Crippen molar-refractivity contribution >= 4 is 0 Å². The van der Waals surface area contributed by atoms with Gasteiger partial charge < -0.3 is 4.74 Å². The fourth-order valence-corrected chi connectivity index (χ4v) is 5.28. The highest BCUT2D eigenvalue weighted by atomic mass is 16.5. The molecule has 26 heavy (non-hydrogen) atoms. The fourth-order valence-electron chi connectivity index (χ4n) is 5.28. The minimum Gasteiger partial charge on any atom is -0.371 e. The predicted octanol–water partition coefficient (Wildman–Crippen LogP) is 7.47. The van der Waals surface area contributed by atoms with Crippen LogP contribution >= 0.6 is 0 Å². The largest absolute Gasteiger partial charge is 0.371 e. The molecule has 0 bridgehead atoms. The van der Waals surface area contributed by atoms with E-state index in [9.17, 15) is 0 Å². The van der Waals surface area contributed by atoms with Crippen molar-refractivity contribution in [3.8, 4) is 0 Å². The molecule has 3 rings (SSSR count). The molecule has 0 radical (unpaired) electrons. The number of rotatable bonds is 5. The highest BCUT2D eigenvalue weighted by Crippen LogP contribution is 2.39. The van der Waals surface area contributed by atoms with Gasteiger partial charge in [0.05, 0.1) is 11.7 Å². The Morgan fingerprint density at radius 3 is 1.38 bits per heavy atom. The van der Waals surface area contributed by atoms with Gasteiger partial charge in [0, 0.05) is 11.8 Å².